The van der Waals surface area contributed by atoms with Crippen molar-refractivity contribution in [2.75, 3.05) is 29.0 Å². The van der Waals surface area contributed by atoms with Crippen molar-refractivity contribution in [1.82, 2.24) is 0 Å². The Kier molecular flexibility index (Phi) is 8.76. The van der Waals surface area contributed by atoms with Crippen LogP contribution in [0.3, 0.4) is 0 Å². The zero-order chi connectivity index (χ0) is 16.9. The second-order valence-corrected chi connectivity index (χ2v) is 6.48. The van der Waals surface area contributed by atoms with Crippen LogP contribution in [0.25, 0.3) is 0 Å². The van der Waals surface area contributed by atoms with Gasteiger partial charge in [-0.05, 0) is 55.7 Å². The first-order valence-corrected chi connectivity index (χ1v) is 8.66. The fraction of sp³-hybridized carbons (Fsp3) is 0.350. The fourth-order valence-electron chi connectivity index (χ4n) is 3.19. The number of hydrogen-bond acceptors (Lipinski definition) is 3. The number of benzene rings is 2. The maximum atomic E-state index is 12.5. The molecule has 142 valence electrons. The van der Waals surface area contributed by atoms with Gasteiger partial charge < -0.3 is 16.0 Å². The molecule has 1 saturated heterocycles. The van der Waals surface area contributed by atoms with Crippen molar-refractivity contribution in [3.8, 4) is 0 Å². The molecule has 0 saturated carbocycles. The summed E-state index contributed by atoms with van der Waals surface area (Å²) in [6, 6.07) is 13.5. The molecule has 0 spiro atoms. The Balaban J connectivity index is 0.00000169. The van der Waals surface area contributed by atoms with E-state index in [1.54, 1.807) is 6.07 Å². The Hall–Kier alpha value is -1.91. The fourth-order valence-corrected chi connectivity index (χ4v) is 3.19. The van der Waals surface area contributed by atoms with Gasteiger partial charge in [-0.1, -0.05) is 25.0 Å². The Morgan fingerprint density at radius 1 is 1.00 bits per heavy atom. The lowest BCUT2D eigenvalue weighted by atomic mass is 10.1. The molecule has 1 amide bonds. The molecule has 2 aromatic rings. The van der Waals surface area contributed by atoms with Crippen molar-refractivity contribution in [3.05, 3.63) is 53.6 Å². The van der Waals surface area contributed by atoms with E-state index >= 15 is 0 Å². The summed E-state index contributed by atoms with van der Waals surface area (Å²) in [5.74, 6) is -0.118. The summed E-state index contributed by atoms with van der Waals surface area (Å²) >= 11 is 0. The number of nitrogens with two attached hydrogens (primary N) is 1. The first kappa shape index (κ1) is 22.1. The third-order valence-electron chi connectivity index (χ3n) is 4.58. The van der Waals surface area contributed by atoms with Gasteiger partial charge in [-0.25, -0.2) is 0 Å². The lowest BCUT2D eigenvalue weighted by Gasteiger charge is -2.23. The van der Waals surface area contributed by atoms with Gasteiger partial charge in [0, 0.05) is 35.7 Å². The van der Waals surface area contributed by atoms with Crippen LogP contribution in [0.15, 0.2) is 42.5 Å². The van der Waals surface area contributed by atoms with Crippen molar-refractivity contribution in [2.24, 2.45) is 0 Å². The lowest BCUT2D eigenvalue weighted by molar-refractivity contribution is 0.102. The van der Waals surface area contributed by atoms with E-state index < -0.39 is 0 Å². The number of anilines is 3. The molecule has 0 aliphatic carbocycles. The van der Waals surface area contributed by atoms with Gasteiger partial charge in [-0.2, -0.15) is 0 Å². The van der Waals surface area contributed by atoms with Crippen molar-refractivity contribution >= 4 is 47.8 Å². The minimum atomic E-state index is -0.118. The van der Waals surface area contributed by atoms with E-state index in [4.69, 9.17) is 5.73 Å². The normalized spacial score (nSPS) is 13.8. The molecule has 26 heavy (non-hydrogen) atoms. The number of nitrogen functional groups attached to an aromatic ring is 1. The Morgan fingerprint density at radius 3 is 2.38 bits per heavy atom. The molecule has 1 fully saturated rings. The largest absolute Gasteiger partial charge is 0.399 e. The lowest BCUT2D eigenvalue weighted by Crippen LogP contribution is -2.24. The molecule has 0 unspecified atom stereocenters. The summed E-state index contributed by atoms with van der Waals surface area (Å²) < 4.78 is 0. The molecule has 0 bridgehead atoms. The topological polar surface area (TPSA) is 58.4 Å². The minimum absolute atomic E-state index is 0. The monoisotopic (exact) mass is 395 g/mol. The van der Waals surface area contributed by atoms with Crippen LogP contribution in [0, 0.1) is 6.92 Å². The second kappa shape index (κ2) is 10.3. The van der Waals surface area contributed by atoms with E-state index in [9.17, 15) is 4.79 Å². The first-order valence-electron chi connectivity index (χ1n) is 8.66. The van der Waals surface area contributed by atoms with Crippen molar-refractivity contribution in [3.63, 3.8) is 0 Å². The molecule has 1 heterocycles. The van der Waals surface area contributed by atoms with Gasteiger partial charge in [0.1, 0.15) is 0 Å². The second-order valence-electron chi connectivity index (χ2n) is 6.48. The number of amides is 1. The van der Waals surface area contributed by atoms with Crippen LogP contribution >= 0.6 is 24.8 Å². The van der Waals surface area contributed by atoms with E-state index in [-0.39, 0.29) is 30.7 Å². The summed E-state index contributed by atoms with van der Waals surface area (Å²) in [4.78, 5) is 15.0. The summed E-state index contributed by atoms with van der Waals surface area (Å²) in [5, 5.41) is 3.00. The highest BCUT2D eigenvalue weighted by Crippen LogP contribution is 2.23. The van der Waals surface area contributed by atoms with Crippen LogP contribution in [0.5, 0.6) is 0 Å². The summed E-state index contributed by atoms with van der Waals surface area (Å²) in [5.41, 5.74) is 9.95. The number of carbonyl (C=O) groups is 1. The predicted octanol–water partition coefficient (Wildman–Crippen LogP) is 5.05. The maximum Gasteiger partial charge on any atom is 0.256 e. The maximum absolute atomic E-state index is 12.5. The van der Waals surface area contributed by atoms with Crippen molar-refractivity contribution in [2.45, 2.75) is 32.6 Å². The van der Waals surface area contributed by atoms with E-state index in [1.807, 2.05) is 31.2 Å². The van der Waals surface area contributed by atoms with Crippen LogP contribution in [-0.4, -0.2) is 19.0 Å². The zero-order valence-corrected chi connectivity index (χ0v) is 16.7. The average molecular weight is 396 g/mol. The Bertz CT molecular complexity index is 729. The molecular formula is C20H27Cl2N3O. The molecule has 1 aliphatic rings. The highest BCUT2D eigenvalue weighted by atomic mass is 35.5. The van der Waals surface area contributed by atoms with Crippen LogP contribution in [0.4, 0.5) is 17.1 Å². The first-order chi connectivity index (χ1) is 11.6. The van der Waals surface area contributed by atoms with E-state index in [0.29, 0.717) is 11.3 Å². The Labute approximate surface area is 168 Å². The molecule has 3 N–H and O–H groups in total. The van der Waals surface area contributed by atoms with Gasteiger partial charge in [-0.3, -0.25) is 4.79 Å². The van der Waals surface area contributed by atoms with Gasteiger partial charge in [0.15, 0.2) is 0 Å². The summed E-state index contributed by atoms with van der Waals surface area (Å²) in [7, 11) is 0. The van der Waals surface area contributed by atoms with Gasteiger partial charge in [-0.15, -0.1) is 24.8 Å². The molecule has 2 aromatic carbocycles. The third kappa shape index (κ3) is 5.55. The van der Waals surface area contributed by atoms with E-state index in [2.05, 4.69) is 22.3 Å². The molecule has 6 heteroatoms. The van der Waals surface area contributed by atoms with Gasteiger partial charge in [0.25, 0.3) is 5.91 Å². The molecule has 4 nitrogen and oxygen atoms in total. The number of nitrogens with zero attached hydrogens (tertiary/aromatic N) is 1. The van der Waals surface area contributed by atoms with Crippen LogP contribution in [0.2, 0.25) is 0 Å². The number of rotatable bonds is 3. The van der Waals surface area contributed by atoms with Gasteiger partial charge in [0.2, 0.25) is 0 Å². The van der Waals surface area contributed by atoms with Crippen LogP contribution in [-0.2, 0) is 0 Å². The van der Waals surface area contributed by atoms with E-state index in [1.165, 1.54) is 31.4 Å². The highest BCUT2D eigenvalue weighted by Gasteiger charge is 2.13. The quantitative estimate of drug-likeness (QED) is 0.714. The number of nitrogens with one attached hydrogen (secondary N) is 1. The molecule has 1 aliphatic heterocycles. The van der Waals surface area contributed by atoms with Crippen LogP contribution < -0.4 is 16.0 Å². The predicted molar refractivity (Wildman–Crippen MR) is 115 cm³/mol. The summed E-state index contributed by atoms with van der Waals surface area (Å²) in [6.45, 7) is 4.10. The van der Waals surface area contributed by atoms with Crippen molar-refractivity contribution < 1.29 is 4.79 Å². The van der Waals surface area contributed by atoms with Crippen molar-refractivity contribution in [1.29, 1.82) is 0 Å². The number of carbonyl (C=O) groups excluding carboxylic acids is 1. The molecule has 0 atom stereocenters. The zero-order valence-electron chi connectivity index (χ0n) is 15.0. The Morgan fingerprint density at radius 2 is 1.69 bits per heavy atom. The molecule has 0 radical (unpaired) electrons. The number of aryl methyl sites for hydroxylation is 1. The van der Waals surface area contributed by atoms with Gasteiger partial charge in [0.05, 0.1) is 0 Å². The minimum Gasteiger partial charge on any atom is -0.399 e. The van der Waals surface area contributed by atoms with Gasteiger partial charge >= 0.3 is 0 Å². The standard InChI is InChI=1S/C20H25N3O.2ClH/c1-15-9-10-16(21)13-19(15)20(24)22-17-7-6-8-18(14-17)23-11-4-2-3-5-12-23;;/h6-10,13-14H,2-5,11-12,21H2,1H3,(H,22,24);2*1H. The van der Waals surface area contributed by atoms with E-state index in [0.717, 1.165) is 24.3 Å². The molecule has 3 rings (SSSR count). The number of hydrogen-bond donors (Lipinski definition) is 2. The number of halogens is 2. The van der Waals surface area contributed by atoms with Crippen LogP contribution in [0.1, 0.15) is 41.6 Å². The SMILES string of the molecule is Cc1ccc(N)cc1C(=O)Nc1cccc(N2CCCCCC2)c1.Cl.Cl. The molecule has 0 aromatic heterocycles. The smallest absolute Gasteiger partial charge is 0.256 e. The molecular weight excluding hydrogens is 369 g/mol. The third-order valence-corrected chi connectivity index (χ3v) is 4.58. The average Bonchev–Trinajstić information content (AvgIpc) is 2.86. The summed E-state index contributed by atoms with van der Waals surface area (Å²) in [6.07, 6.45) is 5.08. The highest BCUT2D eigenvalue weighted by molar-refractivity contribution is 6.06.